The van der Waals surface area contributed by atoms with Gasteiger partial charge in [0.25, 0.3) is 0 Å². The van der Waals surface area contributed by atoms with Gasteiger partial charge in [-0.2, -0.15) is 0 Å². The minimum Gasteiger partial charge on any atom is -0.457 e. The predicted molar refractivity (Wildman–Crippen MR) is 102 cm³/mol. The van der Waals surface area contributed by atoms with Crippen LogP contribution in [0.1, 0.15) is 30.9 Å². The first kappa shape index (κ1) is 20.8. The molecule has 0 radical (unpaired) electrons. The second-order valence-electron chi connectivity index (χ2n) is 6.23. The third-order valence-electron chi connectivity index (χ3n) is 4.00. The van der Waals surface area contributed by atoms with E-state index >= 15 is 0 Å². The van der Waals surface area contributed by atoms with Crippen LogP contribution in [0.25, 0.3) is 0 Å². The molecule has 0 aliphatic rings. The Morgan fingerprint density at radius 1 is 0.926 bits per heavy atom. The van der Waals surface area contributed by atoms with Crippen LogP contribution in [-0.4, -0.2) is 31.1 Å². The van der Waals surface area contributed by atoms with Crippen molar-refractivity contribution in [3.05, 3.63) is 71.8 Å². The Morgan fingerprint density at radius 2 is 1.52 bits per heavy atom. The van der Waals surface area contributed by atoms with Crippen molar-refractivity contribution in [2.45, 2.75) is 45.2 Å². The van der Waals surface area contributed by atoms with E-state index < -0.39 is 18.2 Å². The van der Waals surface area contributed by atoms with Gasteiger partial charge in [-0.3, -0.25) is 4.79 Å². The van der Waals surface area contributed by atoms with Crippen LogP contribution in [0, 0.1) is 0 Å². The Balaban J connectivity index is 1.97. The fourth-order valence-corrected chi connectivity index (χ4v) is 2.68. The van der Waals surface area contributed by atoms with Gasteiger partial charge >= 0.3 is 5.97 Å². The van der Waals surface area contributed by atoms with Crippen LogP contribution >= 0.6 is 0 Å². The molecule has 0 aliphatic heterocycles. The maximum Gasteiger partial charge on any atom is 0.303 e. The summed E-state index contributed by atoms with van der Waals surface area (Å²) < 4.78 is 17.2. The SMILES string of the molecule is CC(=O)O[C@H](COCc1ccccc1)[C@H](CCC=O)OCc1ccccc1. The molecule has 2 aromatic rings. The van der Waals surface area contributed by atoms with E-state index in [4.69, 9.17) is 14.2 Å². The molecule has 0 saturated heterocycles. The first-order chi connectivity index (χ1) is 13.2. The van der Waals surface area contributed by atoms with E-state index in [9.17, 15) is 9.59 Å². The number of esters is 1. The Kier molecular flexibility index (Phi) is 9.24. The maximum atomic E-state index is 11.5. The van der Waals surface area contributed by atoms with Crippen molar-refractivity contribution in [2.24, 2.45) is 0 Å². The summed E-state index contributed by atoms with van der Waals surface area (Å²) in [6.45, 7) is 2.35. The third-order valence-corrected chi connectivity index (χ3v) is 4.00. The van der Waals surface area contributed by atoms with Crippen LogP contribution < -0.4 is 0 Å². The summed E-state index contributed by atoms with van der Waals surface area (Å²) in [5, 5.41) is 0. The van der Waals surface area contributed by atoms with E-state index in [-0.39, 0.29) is 6.61 Å². The van der Waals surface area contributed by atoms with Crippen molar-refractivity contribution < 1.29 is 23.8 Å². The van der Waals surface area contributed by atoms with E-state index in [1.165, 1.54) is 6.92 Å². The maximum absolute atomic E-state index is 11.5. The molecule has 27 heavy (non-hydrogen) atoms. The Bertz CT molecular complexity index is 672. The summed E-state index contributed by atoms with van der Waals surface area (Å²) in [5.74, 6) is -0.400. The van der Waals surface area contributed by atoms with E-state index in [0.29, 0.717) is 26.1 Å². The number of hydrogen-bond donors (Lipinski definition) is 0. The molecule has 0 aliphatic carbocycles. The average molecular weight is 370 g/mol. The highest BCUT2D eigenvalue weighted by Crippen LogP contribution is 2.15. The molecule has 0 N–H and O–H groups in total. The van der Waals surface area contributed by atoms with Crippen molar-refractivity contribution in [3.8, 4) is 0 Å². The Hall–Kier alpha value is -2.50. The van der Waals surface area contributed by atoms with Gasteiger partial charge in [0, 0.05) is 13.3 Å². The third kappa shape index (κ3) is 8.15. The monoisotopic (exact) mass is 370 g/mol. The average Bonchev–Trinajstić information content (AvgIpc) is 2.69. The lowest BCUT2D eigenvalue weighted by molar-refractivity contribution is -0.163. The van der Waals surface area contributed by atoms with Crippen LogP contribution in [0.3, 0.4) is 0 Å². The molecule has 5 heteroatoms. The van der Waals surface area contributed by atoms with Crippen molar-refractivity contribution >= 4 is 12.3 Å². The number of ether oxygens (including phenoxy) is 3. The van der Waals surface area contributed by atoms with Crippen molar-refractivity contribution in [3.63, 3.8) is 0 Å². The van der Waals surface area contributed by atoms with Crippen LogP contribution in [0.4, 0.5) is 0 Å². The first-order valence-corrected chi connectivity index (χ1v) is 9.07. The highest BCUT2D eigenvalue weighted by molar-refractivity contribution is 5.66. The van der Waals surface area contributed by atoms with E-state index in [1.807, 2.05) is 60.7 Å². The topological polar surface area (TPSA) is 61.8 Å². The van der Waals surface area contributed by atoms with Gasteiger partial charge in [0.1, 0.15) is 6.29 Å². The van der Waals surface area contributed by atoms with Crippen molar-refractivity contribution in [2.75, 3.05) is 6.61 Å². The molecule has 0 bridgehead atoms. The second-order valence-corrected chi connectivity index (χ2v) is 6.23. The van der Waals surface area contributed by atoms with Gasteiger partial charge in [0.05, 0.1) is 25.9 Å². The number of hydrogen-bond acceptors (Lipinski definition) is 5. The molecule has 0 aromatic heterocycles. The molecule has 0 heterocycles. The normalized spacial score (nSPS) is 12.9. The van der Waals surface area contributed by atoms with Crippen LogP contribution in [0.15, 0.2) is 60.7 Å². The summed E-state index contributed by atoms with van der Waals surface area (Å²) >= 11 is 0. The van der Waals surface area contributed by atoms with Gasteiger partial charge in [0.15, 0.2) is 6.10 Å². The van der Waals surface area contributed by atoms with Gasteiger partial charge in [0.2, 0.25) is 0 Å². The molecule has 2 aromatic carbocycles. The van der Waals surface area contributed by atoms with Gasteiger partial charge in [-0.25, -0.2) is 0 Å². The van der Waals surface area contributed by atoms with Gasteiger partial charge in [-0.1, -0.05) is 60.7 Å². The zero-order valence-electron chi connectivity index (χ0n) is 15.6. The summed E-state index contributed by atoms with van der Waals surface area (Å²) in [7, 11) is 0. The lowest BCUT2D eigenvalue weighted by Gasteiger charge is -2.26. The lowest BCUT2D eigenvalue weighted by Crippen LogP contribution is -2.37. The highest BCUT2D eigenvalue weighted by Gasteiger charge is 2.25. The standard InChI is InChI=1S/C22H26O5/c1-18(24)27-22(17-25-15-19-9-4-2-5-10-19)21(13-8-14-23)26-16-20-11-6-3-7-12-20/h2-7,9-12,14,21-22H,8,13,15-17H2,1H3/t21-,22+/m0/s1. The highest BCUT2D eigenvalue weighted by atomic mass is 16.6. The molecule has 0 saturated carbocycles. The summed E-state index contributed by atoms with van der Waals surface area (Å²) in [5.41, 5.74) is 2.05. The largest absolute Gasteiger partial charge is 0.457 e. The van der Waals surface area contributed by atoms with Crippen LogP contribution in [0.2, 0.25) is 0 Å². The molecular weight excluding hydrogens is 344 g/mol. The number of benzene rings is 2. The Labute approximate surface area is 160 Å². The lowest BCUT2D eigenvalue weighted by atomic mass is 10.1. The summed E-state index contributed by atoms with van der Waals surface area (Å²) in [6.07, 6.45) is 0.637. The molecule has 0 spiro atoms. The number of rotatable bonds is 12. The number of aldehydes is 1. The van der Waals surface area contributed by atoms with Crippen LogP contribution in [0.5, 0.6) is 0 Å². The van der Waals surface area contributed by atoms with Gasteiger partial charge in [-0.05, 0) is 17.5 Å². The summed E-state index contributed by atoms with van der Waals surface area (Å²) in [4.78, 5) is 22.4. The zero-order valence-corrected chi connectivity index (χ0v) is 15.6. The van der Waals surface area contributed by atoms with Crippen LogP contribution in [-0.2, 0) is 37.0 Å². The van der Waals surface area contributed by atoms with Crippen molar-refractivity contribution in [1.82, 2.24) is 0 Å². The predicted octanol–water partition coefficient (Wildman–Crippen LogP) is 3.70. The molecule has 144 valence electrons. The van der Waals surface area contributed by atoms with Gasteiger partial charge in [-0.15, -0.1) is 0 Å². The quantitative estimate of drug-likeness (QED) is 0.421. The molecule has 0 unspecified atom stereocenters. The minimum atomic E-state index is -0.574. The van der Waals surface area contributed by atoms with E-state index in [0.717, 1.165) is 17.4 Å². The number of carbonyl (C=O) groups is 2. The molecule has 0 fully saturated rings. The smallest absolute Gasteiger partial charge is 0.303 e. The number of carbonyl (C=O) groups excluding carboxylic acids is 2. The molecule has 2 atom stereocenters. The fraction of sp³-hybridized carbons (Fsp3) is 0.364. The molecule has 5 nitrogen and oxygen atoms in total. The van der Waals surface area contributed by atoms with Crippen molar-refractivity contribution in [1.29, 1.82) is 0 Å². The fourth-order valence-electron chi connectivity index (χ4n) is 2.68. The summed E-state index contributed by atoms with van der Waals surface area (Å²) in [6, 6.07) is 19.5. The molecule has 0 amide bonds. The van der Waals surface area contributed by atoms with E-state index in [2.05, 4.69) is 0 Å². The minimum absolute atomic E-state index is 0.201. The second kappa shape index (κ2) is 12.0. The zero-order chi connectivity index (χ0) is 19.3. The van der Waals surface area contributed by atoms with E-state index in [1.54, 1.807) is 0 Å². The molecular formula is C22H26O5. The first-order valence-electron chi connectivity index (χ1n) is 9.07. The Morgan fingerprint density at radius 3 is 2.07 bits per heavy atom. The molecule has 2 rings (SSSR count). The van der Waals surface area contributed by atoms with Gasteiger partial charge < -0.3 is 19.0 Å².